The van der Waals surface area contributed by atoms with Gasteiger partial charge in [-0.1, -0.05) is 0 Å². The van der Waals surface area contributed by atoms with Gasteiger partial charge in [0.1, 0.15) is 0 Å². The van der Waals surface area contributed by atoms with Crippen molar-refractivity contribution in [3.63, 3.8) is 0 Å². The Morgan fingerprint density at radius 3 is 2.44 bits per heavy atom. The van der Waals surface area contributed by atoms with Crippen molar-refractivity contribution in [2.75, 3.05) is 13.1 Å². The number of likely N-dealkylation sites (tertiary alicyclic amines) is 1. The topological polar surface area (TPSA) is 50.2 Å². The lowest BCUT2D eigenvalue weighted by Gasteiger charge is -2.21. The van der Waals surface area contributed by atoms with Crippen LogP contribution in [0.3, 0.4) is 0 Å². The minimum atomic E-state index is 0.00630. The second kappa shape index (κ2) is 5.00. The molecule has 1 aliphatic heterocycles. The van der Waals surface area contributed by atoms with E-state index in [9.17, 15) is 4.79 Å². The molecule has 1 aliphatic rings. The molecule has 2 amide bonds. The number of nitrogens with zero attached hydrogens (tertiary/aromatic N) is 3. The highest BCUT2D eigenvalue weighted by Crippen LogP contribution is 2.21. The Bertz CT molecular complexity index is 446. The molecule has 5 nitrogen and oxygen atoms in total. The minimum Gasteiger partial charge on any atom is -0.331 e. The lowest BCUT2D eigenvalue weighted by Crippen LogP contribution is -2.39. The number of aromatic nitrogens is 2. The van der Waals surface area contributed by atoms with Gasteiger partial charge in [-0.3, -0.25) is 4.68 Å². The first-order valence-corrected chi connectivity index (χ1v) is 6.56. The fraction of sp³-hybridized carbons (Fsp3) is 0.692. The Morgan fingerprint density at radius 1 is 1.33 bits per heavy atom. The summed E-state index contributed by atoms with van der Waals surface area (Å²) in [6.45, 7) is 7.80. The Morgan fingerprint density at radius 2 is 1.94 bits per heavy atom. The number of carbonyl (C=O) groups is 1. The maximum Gasteiger partial charge on any atom is 0.317 e. The summed E-state index contributed by atoms with van der Waals surface area (Å²) in [6, 6.07) is 0.0504. The second-order valence-corrected chi connectivity index (χ2v) is 5.07. The molecule has 1 aromatic heterocycles. The van der Waals surface area contributed by atoms with Gasteiger partial charge in [-0.15, -0.1) is 0 Å². The zero-order valence-corrected chi connectivity index (χ0v) is 11.7. The van der Waals surface area contributed by atoms with Gasteiger partial charge in [-0.2, -0.15) is 5.10 Å². The molecule has 1 N–H and O–H groups in total. The van der Waals surface area contributed by atoms with E-state index in [-0.39, 0.29) is 12.1 Å². The molecule has 0 aliphatic carbocycles. The third kappa shape index (κ3) is 2.35. The molecule has 0 saturated carbocycles. The summed E-state index contributed by atoms with van der Waals surface area (Å²) in [6.07, 6.45) is 2.24. The number of nitrogens with one attached hydrogen (secondary N) is 1. The Hall–Kier alpha value is -1.52. The third-order valence-electron chi connectivity index (χ3n) is 3.73. The third-order valence-corrected chi connectivity index (χ3v) is 3.73. The summed E-state index contributed by atoms with van der Waals surface area (Å²) >= 11 is 0. The number of amides is 2. The van der Waals surface area contributed by atoms with Crippen LogP contribution in [-0.2, 0) is 7.05 Å². The first-order chi connectivity index (χ1) is 8.50. The fourth-order valence-electron chi connectivity index (χ4n) is 2.69. The van der Waals surface area contributed by atoms with Crippen LogP contribution >= 0.6 is 0 Å². The van der Waals surface area contributed by atoms with Gasteiger partial charge in [0.15, 0.2) is 0 Å². The monoisotopic (exact) mass is 250 g/mol. The zero-order chi connectivity index (χ0) is 13.3. The summed E-state index contributed by atoms with van der Waals surface area (Å²) in [4.78, 5) is 13.9. The van der Waals surface area contributed by atoms with E-state index in [0.29, 0.717) is 0 Å². The van der Waals surface area contributed by atoms with Crippen molar-refractivity contribution in [3.8, 4) is 0 Å². The summed E-state index contributed by atoms with van der Waals surface area (Å²) in [5, 5.41) is 7.46. The van der Waals surface area contributed by atoms with Crippen molar-refractivity contribution in [2.45, 2.75) is 39.7 Å². The number of hydrogen-bond donors (Lipinski definition) is 1. The van der Waals surface area contributed by atoms with Gasteiger partial charge in [0.25, 0.3) is 0 Å². The van der Waals surface area contributed by atoms with Gasteiger partial charge in [0.05, 0.1) is 11.7 Å². The molecule has 1 atom stereocenters. The summed E-state index contributed by atoms with van der Waals surface area (Å²) < 4.78 is 1.86. The molecule has 1 fully saturated rings. The first-order valence-electron chi connectivity index (χ1n) is 6.56. The fourth-order valence-corrected chi connectivity index (χ4v) is 2.69. The number of aryl methyl sites for hydroxylation is 2. The van der Waals surface area contributed by atoms with E-state index >= 15 is 0 Å². The number of rotatable bonds is 2. The number of carbonyl (C=O) groups excluding carboxylic acids is 1. The van der Waals surface area contributed by atoms with E-state index in [2.05, 4.69) is 10.4 Å². The van der Waals surface area contributed by atoms with Crippen LogP contribution in [0.2, 0.25) is 0 Å². The van der Waals surface area contributed by atoms with Gasteiger partial charge < -0.3 is 10.2 Å². The quantitative estimate of drug-likeness (QED) is 0.871. The summed E-state index contributed by atoms with van der Waals surface area (Å²) in [5.74, 6) is 0. The molecule has 0 aromatic carbocycles. The molecule has 0 bridgehead atoms. The standard InChI is InChI=1S/C13H22N4O/c1-9(12-10(2)15-16(4)11(12)3)14-13(18)17-7-5-6-8-17/h9H,5-8H2,1-4H3,(H,14,18). The molecule has 1 aromatic rings. The molecule has 1 saturated heterocycles. The van der Waals surface area contributed by atoms with Gasteiger partial charge in [0.2, 0.25) is 0 Å². The maximum atomic E-state index is 12.0. The Labute approximate surface area is 108 Å². The van der Waals surface area contributed by atoms with Crippen LogP contribution in [0.5, 0.6) is 0 Å². The molecular weight excluding hydrogens is 228 g/mol. The molecule has 2 heterocycles. The predicted molar refractivity (Wildman–Crippen MR) is 70.4 cm³/mol. The summed E-state index contributed by atoms with van der Waals surface area (Å²) in [5.41, 5.74) is 3.23. The van der Waals surface area contributed by atoms with Crippen molar-refractivity contribution in [2.24, 2.45) is 7.05 Å². The molecular formula is C13H22N4O. The maximum absolute atomic E-state index is 12.0. The molecule has 1 unspecified atom stereocenters. The molecule has 0 spiro atoms. The van der Waals surface area contributed by atoms with Gasteiger partial charge in [-0.25, -0.2) is 4.79 Å². The molecule has 100 valence electrons. The van der Waals surface area contributed by atoms with Crippen molar-refractivity contribution in [1.29, 1.82) is 0 Å². The largest absolute Gasteiger partial charge is 0.331 e. The highest BCUT2D eigenvalue weighted by Gasteiger charge is 2.22. The normalized spacial score (nSPS) is 17.0. The van der Waals surface area contributed by atoms with E-state index < -0.39 is 0 Å². The molecule has 0 radical (unpaired) electrons. The minimum absolute atomic E-state index is 0.00630. The average molecular weight is 250 g/mol. The lowest BCUT2D eigenvalue weighted by atomic mass is 10.1. The highest BCUT2D eigenvalue weighted by atomic mass is 16.2. The van der Waals surface area contributed by atoms with E-state index in [1.165, 1.54) is 0 Å². The molecule has 5 heteroatoms. The van der Waals surface area contributed by atoms with Crippen molar-refractivity contribution < 1.29 is 4.79 Å². The molecule has 2 rings (SSSR count). The Kier molecular flexibility index (Phi) is 3.59. The van der Waals surface area contributed by atoms with Crippen LogP contribution in [0.15, 0.2) is 0 Å². The zero-order valence-electron chi connectivity index (χ0n) is 11.7. The van der Waals surface area contributed by atoms with Gasteiger partial charge >= 0.3 is 6.03 Å². The van der Waals surface area contributed by atoms with Gasteiger partial charge in [0, 0.05) is 31.4 Å². The second-order valence-electron chi connectivity index (χ2n) is 5.07. The van der Waals surface area contributed by atoms with Crippen molar-refractivity contribution >= 4 is 6.03 Å². The average Bonchev–Trinajstić information content (AvgIpc) is 2.88. The summed E-state index contributed by atoms with van der Waals surface area (Å²) in [7, 11) is 1.93. The van der Waals surface area contributed by atoms with Crippen LogP contribution in [0.4, 0.5) is 4.79 Å². The smallest absolute Gasteiger partial charge is 0.317 e. The SMILES string of the molecule is Cc1nn(C)c(C)c1C(C)NC(=O)N1CCCC1. The van der Waals surface area contributed by atoms with E-state index in [0.717, 1.165) is 42.9 Å². The predicted octanol–water partition coefficient (Wildman–Crippen LogP) is 1.90. The van der Waals surface area contributed by atoms with E-state index in [1.807, 2.05) is 37.4 Å². The van der Waals surface area contributed by atoms with E-state index in [1.54, 1.807) is 0 Å². The van der Waals surface area contributed by atoms with Crippen molar-refractivity contribution in [1.82, 2.24) is 20.0 Å². The molecule has 18 heavy (non-hydrogen) atoms. The number of urea groups is 1. The van der Waals surface area contributed by atoms with Crippen LogP contribution in [-0.4, -0.2) is 33.8 Å². The van der Waals surface area contributed by atoms with Crippen molar-refractivity contribution in [3.05, 3.63) is 17.0 Å². The van der Waals surface area contributed by atoms with Crippen LogP contribution < -0.4 is 5.32 Å². The lowest BCUT2D eigenvalue weighted by molar-refractivity contribution is 0.205. The van der Waals surface area contributed by atoms with Crippen LogP contribution in [0.1, 0.15) is 42.8 Å². The Balaban J connectivity index is 2.07. The van der Waals surface area contributed by atoms with Crippen LogP contribution in [0, 0.1) is 13.8 Å². The van der Waals surface area contributed by atoms with E-state index in [4.69, 9.17) is 0 Å². The number of hydrogen-bond acceptors (Lipinski definition) is 2. The first kappa shape index (κ1) is 12.9. The highest BCUT2D eigenvalue weighted by molar-refractivity contribution is 5.75. The van der Waals surface area contributed by atoms with Gasteiger partial charge in [-0.05, 0) is 33.6 Å². The van der Waals surface area contributed by atoms with Crippen LogP contribution in [0.25, 0.3) is 0 Å².